The molecule has 0 radical (unpaired) electrons. The Morgan fingerprint density at radius 1 is 1.69 bits per heavy atom. The molecular formula is C10H15N5O. The Hall–Kier alpha value is -1.87. The van der Waals surface area contributed by atoms with Crippen LogP contribution in [0.4, 0.5) is 0 Å². The van der Waals surface area contributed by atoms with Gasteiger partial charge in [0.1, 0.15) is 6.33 Å². The van der Waals surface area contributed by atoms with Crippen molar-refractivity contribution in [1.82, 2.24) is 25.4 Å². The Morgan fingerprint density at radius 2 is 2.50 bits per heavy atom. The van der Waals surface area contributed by atoms with Crippen molar-refractivity contribution in [3.63, 3.8) is 0 Å². The van der Waals surface area contributed by atoms with Gasteiger partial charge in [0.2, 0.25) is 5.91 Å². The second kappa shape index (κ2) is 6.58. The number of hydrogen-bond donors (Lipinski definition) is 2. The summed E-state index contributed by atoms with van der Waals surface area (Å²) in [6.45, 7) is 1.16. The van der Waals surface area contributed by atoms with E-state index in [1.807, 2.05) is 0 Å². The van der Waals surface area contributed by atoms with Crippen molar-refractivity contribution >= 4 is 5.91 Å². The third-order valence-electron chi connectivity index (χ3n) is 1.83. The van der Waals surface area contributed by atoms with Gasteiger partial charge in [-0.2, -0.15) is 5.10 Å². The monoisotopic (exact) mass is 221 g/mol. The van der Waals surface area contributed by atoms with Gasteiger partial charge in [0, 0.05) is 20.0 Å². The molecule has 1 aromatic rings. The molecule has 0 saturated heterocycles. The van der Waals surface area contributed by atoms with Crippen LogP contribution in [0.3, 0.4) is 0 Å². The van der Waals surface area contributed by atoms with Gasteiger partial charge < -0.3 is 5.32 Å². The minimum absolute atomic E-state index is 0.0776. The second-order valence-electron chi connectivity index (χ2n) is 3.24. The van der Waals surface area contributed by atoms with Crippen molar-refractivity contribution in [2.45, 2.75) is 6.42 Å². The lowest BCUT2D eigenvalue weighted by Gasteiger charge is -2.03. The lowest BCUT2D eigenvalue weighted by Crippen LogP contribution is -2.35. The first-order valence-corrected chi connectivity index (χ1v) is 4.97. The maximum absolute atomic E-state index is 11.2. The van der Waals surface area contributed by atoms with Crippen LogP contribution in [0.2, 0.25) is 0 Å². The van der Waals surface area contributed by atoms with Crippen LogP contribution >= 0.6 is 0 Å². The second-order valence-corrected chi connectivity index (χ2v) is 3.24. The van der Waals surface area contributed by atoms with E-state index in [4.69, 9.17) is 6.42 Å². The van der Waals surface area contributed by atoms with E-state index >= 15 is 0 Å². The van der Waals surface area contributed by atoms with Gasteiger partial charge in [0.05, 0.1) is 13.1 Å². The molecule has 16 heavy (non-hydrogen) atoms. The van der Waals surface area contributed by atoms with Gasteiger partial charge in [-0.3, -0.25) is 14.8 Å². The number of carbonyl (C=O) groups is 1. The smallest absolute Gasteiger partial charge is 0.233 e. The standard InChI is InChI=1S/C10H15N5O/c1-3-5-11-7-10(16)12-6-4-9-13-8-15(2)14-9/h1,8,11H,4-7H2,2H3,(H,12,16). The molecule has 0 aliphatic rings. The van der Waals surface area contributed by atoms with Gasteiger partial charge in [0.25, 0.3) is 0 Å². The quantitative estimate of drug-likeness (QED) is 0.462. The Labute approximate surface area is 94.4 Å². The summed E-state index contributed by atoms with van der Waals surface area (Å²) in [6.07, 6.45) is 7.29. The van der Waals surface area contributed by atoms with E-state index in [1.54, 1.807) is 18.1 Å². The van der Waals surface area contributed by atoms with Crippen LogP contribution in [0.25, 0.3) is 0 Å². The molecule has 86 valence electrons. The van der Waals surface area contributed by atoms with Crippen LogP contribution in [-0.4, -0.2) is 40.3 Å². The molecule has 2 N–H and O–H groups in total. The molecule has 0 fully saturated rings. The molecule has 0 bridgehead atoms. The molecule has 1 aromatic heterocycles. The van der Waals surface area contributed by atoms with Crippen molar-refractivity contribution in [3.05, 3.63) is 12.2 Å². The van der Waals surface area contributed by atoms with Gasteiger partial charge in [-0.25, -0.2) is 4.98 Å². The van der Waals surface area contributed by atoms with E-state index in [9.17, 15) is 4.79 Å². The topological polar surface area (TPSA) is 71.8 Å². The summed E-state index contributed by atoms with van der Waals surface area (Å²) in [7, 11) is 1.80. The molecule has 0 aromatic carbocycles. The number of nitrogens with one attached hydrogen (secondary N) is 2. The molecule has 0 unspecified atom stereocenters. The molecule has 1 rings (SSSR count). The van der Waals surface area contributed by atoms with E-state index in [0.717, 1.165) is 5.82 Å². The zero-order chi connectivity index (χ0) is 11.8. The van der Waals surface area contributed by atoms with Crippen molar-refractivity contribution in [2.24, 2.45) is 7.05 Å². The maximum atomic E-state index is 11.2. The lowest BCUT2D eigenvalue weighted by molar-refractivity contribution is -0.120. The molecule has 1 heterocycles. The minimum atomic E-state index is -0.0776. The normalized spacial score (nSPS) is 9.75. The highest BCUT2D eigenvalue weighted by Gasteiger charge is 2.01. The highest BCUT2D eigenvalue weighted by molar-refractivity contribution is 5.77. The SMILES string of the molecule is C#CCNCC(=O)NCCc1ncn(C)n1. The van der Waals surface area contributed by atoms with Gasteiger partial charge in [-0.15, -0.1) is 6.42 Å². The van der Waals surface area contributed by atoms with Crippen molar-refractivity contribution in [1.29, 1.82) is 0 Å². The Morgan fingerprint density at radius 3 is 3.12 bits per heavy atom. The largest absolute Gasteiger partial charge is 0.355 e. The van der Waals surface area contributed by atoms with Crippen molar-refractivity contribution in [2.75, 3.05) is 19.6 Å². The predicted molar refractivity (Wildman–Crippen MR) is 59.4 cm³/mol. The number of rotatable bonds is 6. The van der Waals surface area contributed by atoms with Crippen LogP contribution in [-0.2, 0) is 18.3 Å². The van der Waals surface area contributed by atoms with Gasteiger partial charge in [-0.05, 0) is 0 Å². The molecule has 6 nitrogen and oxygen atoms in total. The summed E-state index contributed by atoms with van der Waals surface area (Å²) in [6, 6.07) is 0. The molecule has 0 spiro atoms. The fourth-order valence-corrected chi connectivity index (χ4v) is 1.12. The Balaban J connectivity index is 2.11. The Bertz CT molecular complexity index is 379. The first-order valence-electron chi connectivity index (χ1n) is 4.97. The number of carbonyl (C=O) groups excluding carboxylic acids is 1. The molecular weight excluding hydrogens is 206 g/mol. The summed E-state index contributed by atoms with van der Waals surface area (Å²) in [5, 5.41) is 9.64. The molecule has 0 aliphatic heterocycles. The number of amides is 1. The average Bonchev–Trinajstić information content (AvgIpc) is 2.65. The number of terminal acetylenes is 1. The van der Waals surface area contributed by atoms with Crippen LogP contribution in [0, 0.1) is 12.3 Å². The summed E-state index contributed by atoms with van der Waals surface area (Å²) >= 11 is 0. The van der Waals surface area contributed by atoms with E-state index in [0.29, 0.717) is 19.5 Å². The maximum Gasteiger partial charge on any atom is 0.233 e. The summed E-state index contributed by atoms with van der Waals surface area (Å²) in [4.78, 5) is 15.3. The molecule has 0 atom stereocenters. The first-order chi connectivity index (χ1) is 7.72. The zero-order valence-corrected chi connectivity index (χ0v) is 9.23. The third-order valence-corrected chi connectivity index (χ3v) is 1.83. The average molecular weight is 221 g/mol. The fourth-order valence-electron chi connectivity index (χ4n) is 1.12. The lowest BCUT2D eigenvalue weighted by atomic mass is 10.4. The number of aromatic nitrogens is 3. The number of nitrogens with zero attached hydrogens (tertiary/aromatic N) is 3. The zero-order valence-electron chi connectivity index (χ0n) is 9.23. The number of hydrogen-bond acceptors (Lipinski definition) is 4. The Kier molecular flexibility index (Phi) is 5.02. The van der Waals surface area contributed by atoms with E-state index in [2.05, 4.69) is 26.6 Å². The number of aryl methyl sites for hydroxylation is 1. The summed E-state index contributed by atoms with van der Waals surface area (Å²) in [5.41, 5.74) is 0. The summed E-state index contributed by atoms with van der Waals surface area (Å²) in [5.74, 6) is 3.04. The highest BCUT2D eigenvalue weighted by Crippen LogP contribution is 1.87. The van der Waals surface area contributed by atoms with Crippen LogP contribution in [0.1, 0.15) is 5.82 Å². The predicted octanol–water partition coefficient (Wildman–Crippen LogP) is -1.30. The van der Waals surface area contributed by atoms with Crippen LogP contribution in [0.5, 0.6) is 0 Å². The third kappa shape index (κ3) is 4.57. The van der Waals surface area contributed by atoms with Crippen molar-refractivity contribution < 1.29 is 4.79 Å². The van der Waals surface area contributed by atoms with Crippen LogP contribution in [0.15, 0.2) is 6.33 Å². The summed E-state index contributed by atoms with van der Waals surface area (Å²) < 4.78 is 1.63. The highest BCUT2D eigenvalue weighted by atomic mass is 16.1. The van der Waals surface area contributed by atoms with E-state index in [-0.39, 0.29) is 12.5 Å². The molecule has 6 heteroatoms. The van der Waals surface area contributed by atoms with Gasteiger partial charge >= 0.3 is 0 Å². The fraction of sp³-hybridized carbons (Fsp3) is 0.500. The van der Waals surface area contributed by atoms with Gasteiger partial charge in [0.15, 0.2) is 5.82 Å². The minimum Gasteiger partial charge on any atom is -0.355 e. The van der Waals surface area contributed by atoms with Crippen LogP contribution < -0.4 is 10.6 Å². The van der Waals surface area contributed by atoms with Gasteiger partial charge in [-0.1, -0.05) is 5.92 Å². The van der Waals surface area contributed by atoms with E-state index < -0.39 is 0 Å². The van der Waals surface area contributed by atoms with Crippen molar-refractivity contribution in [3.8, 4) is 12.3 Å². The van der Waals surface area contributed by atoms with E-state index in [1.165, 1.54) is 0 Å². The first kappa shape index (κ1) is 12.2. The molecule has 1 amide bonds. The molecule has 0 saturated carbocycles. The molecule has 0 aliphatic carbocycles.